The molecule has 158 valence electrons. The molecule has 2 fully saturated rings. The summed E-state index contributed by atoms with van der Waals surface area (Å²) in [6, 6.07) is 11.3. The predicted molar refractivity (Wildman–Crippen MR) is 106 cm³/mol. The summed E-state index contributed by atoms with van der Waals surface area (Å²) in [5.74, 6) is -1.44. The van der Waals surface area contributed by atoms with Crippen molar-refractivity contribution in [1.82, 2.24) is 20.2 Å². The number of hydrogen-bond acceptors (Lipinski definition) is 6. The molecule has 2 aromatic rings. The Morgan fingerprint density at radius 1 is 1.17 bits per heavy atom. The largest absolute Gasteiger partial charge is 0.469 e. The fourth-order valence-corrected chi connectivity index (χ4v) is 4.57. The Balaban J connectivity index is 1.50. The van der Waals surface area contributed by atoms with Crippen LogP contribution in [-0.2, 0) is 19.2 Å². The third-order valence-corrected chi connectivity index (χ3v) is 6.12. The summed E-state index contributed by atoms with van der Waals surface area (Å²) in [4.78, 5) is 44.7. The Kier molecular flexibility index (Phi) is 5.29. The SMILES string of the molecule is COC(=O)C1CC(=O)N(OC)C12CCN(C(=O)c1cc(-c3ccccc3)n[nH]1)CC2. The molecule has 1 unspecified atom stereocenters. The number of carbonyl (C=O) groups is 3. The Bertz CT molecular complexity index is 947. The lowest BCUT2D eigenvalue weighted by Gasteiger charge is -2.45. The molecule has 1 N–H and O–H groups in total. The lowest BCUT2D eigenvalue weighted by atomic mass is 9.77. The first-order chi connectivity index (χ1) is 14.5. The van der Waals surface area contributed by atoms with Crippen LogP contribution in [0.5, 0.6) is 0 Å². The minimum Gasteiger partial charge on any atom is -0.469 e. The van der Waals surface area contributed by atoms with Crippen LogP contribution < -0.4 is 0 Å². The van der Waals surface area contributed by atoms with E-state index in [0.29, 0.717) is 37.3 Å². The zero-order chi connectivity index (χ0) is 21.3. The highest BCUT2D eigenvalue weighted by Crippen LogP contribution is 2.44. The van der Waals surface area contributed by atoms with Crippen molar-refractivity contribution in [1.29, 1.82) is 0 Å². The minimum absolute atomic E-state index is 0.0510. The van der Waals surface area contributed by atoms with Crippen molar-refractivity contribution in [2.45, 2.75) is 24.8 Å². The number of rotatable bonds is 4. The number of piperidine rings is 1. The number of hydroxylamine groups is 2. The molecule has 2 saturated heterocycles. The van der Waals surface area contributed by atoms with Crippen molar-refractivity contribution in [3.8, 4) is 11.3 Å². The van der Waals surface area contributed by atoms with E-state index in [2.05, 4.69) is 10.2 Å². The molecule has 2 aliphatic heterocycles. The highest BCUT2D eigenvalue weighted by molar-refractivity contribution is 5.94. The van der Waals surface area contributed by atoms with Crippen LogP contribution in [0, 0.1) is 5.92 Å². The van der Waals surface area contributed by atoms with Gasteiger partial charge in [0, 0.05) is 25.1 Å². The first kappa shape index (κ1) is 20.1. The van der Waals surface area contributed by atoms with Gasteiger partial charge in [-0.15, -0.1) is 0 Å². The zero-order valence-electron chi connectivity index (χ0n) is 17.0. The van der Waals surface area contributed by atoms with Gasteiger partial charge >= 0.3 is 5.97 Å². The van der Waals surface area contributed by atoms with Gasteiger partial charge in [-0.1, -0.05) is 30.3 Å². The quantitative estimate of drug-likeness (QED) is 0.766. The van der Waals surface area contributed by atoms with E-state index in [-0.39, 0.29) is 18.2 Å². The first-order valence-corrected chi connectivity index (χ1v) is 9.85. The monoisotopic (exact) mass is 412 g/mol. The van der Waals surface area contributed by atoms with Crippen molar-refractivity contribution in [3.05, 3.63) is 42.1 Å². The minimum atomic E-state index is -0.793. The van der Waals surface area contributed by atoms with E-state index in [1.54, 1.807) is 11.0 Å². The fraction of sp³-hybridized carbons (Fsp3) is 0.429. The molecule has 4 rings (SSSR count). The second-order valence-electron chi connectivity index (χ2n) is 7.58. The van der Waals surface area contributed by atoms with E-state index in [1.165, 1.54) is 19.3 Å². The molecule has 2 aliphatic rings. The lowest BCUT2D eigenvalue weighted by Crippen LogP contribution is -2.57. The van der Waals surface area contributed by atoms with Crippen molar-refractivity contribution >= 4 is 17.8 Å². The number of H-pyrrole nitrogens is 1. The molecule has 3 heterocycles. The van der Waals surface area contributed by atoms with Gasteiger partial charge in [0.2, 0.25) is 5.91 Å². The summed E-state index contributed by atoms with van der Waals surface area (Å²) in [6.07, 6.45) is 0.908. The number of carbonyl (C=O) groups excluding carboxylic acids is 3. The summed E-state index contributed by atoms with van der Waals surface area (Å²) in [5.41, 5.74) is 1.23. The van der Waals surface area contributed by atoms with Crippen LogP contribution in [0.4, 0.5) is 0 Å². The molecule has 9 heteroatoms. The number of ether oxygens (including phenoxy) is 1. The summed E-state index contributed by atoms with van der Waals surface area (Å²) in [7, 11) is 2.74. The maximum absolute atomic E-state index is 13.0. The smallest absolute Gasteiger partial charge is 0.311 e. The molecule has 30 heavy (non-hydrogen) atoms. The maximum Gasteiger partial charge on any atom is 0.311 e. The van der Waals surface area contributed by atoms with Gasteiger partial charge in [0.05, 0.1) is 31.4 Å². The number of esters is 1. The van der Waals surface area contributed by atoms with Crippen LogP contribution in [-0.4, -0.2) is 70.8 Å². The average Bonchev–Trinajstić information content (AvgIpc) is 3.37. The predicted octanol–water partition coefficient (Wildman–Crippen LogP) is 1.63. The van der Waals surface area contributed by atoms with Crippen LogP contribution >= 0.6 is 0 Å². The van der Waals surface area contributed by atoms with E-state index in [4.69, 9.17) is 9.57 Å². The van der Waals surface area contributed by atoms with Crippen molar-refractivity contribution in [3.63, 3.8) is 0 Å². The van der Waals surface area contributed by atoms with Gasteiger partial charge in [-0.25, -0.2) is 5.06 Å². The number of likely N-dealkylation sites (tertiary alicyclic amines) is 1. The first-order valence-electron chi connectivity index (χ1n) is 9.85. The molecule has 1 spiro atoms. The Morgan fingerprint density at radius 2 is 1.87 bits per heavy atom. The summed E-state index contributed by atoms with van der Waals surface area (Å²) in [5, 5.41) is 8.37. The van der Waals surface area contributed by atoms with E-state index in [1.807, 2.05) is 30.3 Å². The summed E-state index contributed by atoms with van der Waals surface area (Å²) >= 11 is 0. The molecular weight excluding hydrogens is 388 g/mol. The number of aromatic nitrogens is 2. The second-order valence-corrected chi connectivity index (χ2v) is 7.58. The van der Waals surface area contributed by atoms with Gasteiger partial charge in [-0.3, -0.25) is 24.3 Å². The molecule has 2 amide bonds. The van der Waals surface area contributed by atoms with Crippen LogP contribution in [0.2, 0.25) is 0 Å². The van der Waals surface area contributed by atoms with Gasteiger partial charge in [-0.05, 0) is 18.9 Å². The number of hydrogen-bond donors (Lipinski definition) is 1. The zero-order valence-corrected chi connectivity index (χ0v) is 17.0. The molecule has 9 nitrogen and oxygen atoms in total. The third kappa shape index (κ3) is 3.24. The van der Waals surface area contributed by atoms with Gasteiger partial charge in [0.15, 0.2) is 0 Å². The second kappa shape index (κ2) is 7.91. The molecule has 1 aromatic heterocycles. The van der Waals surface area contributed by atoms with E-state index < -0.39 is 17.4 Å². The molecule has 1 atom stereocenters. The normalized spacial score (nSPS) is 20.6. The number of amides is 2. The van der Waals surface area contributed by atoms with Gasteiger partial charge in [0.1, 0.15) is 5.69 Å². The third-order valence-electron chi connectivity index (χ3n) is 6.12. The Labute approximate surface area is 173 Å². The fourth-order valence-electron chi connectivity index (χ4n) is 4.57. The number of methoxy groups -OCH3 is 1. The molecule has 0 bridgehead atoms. The van der Waals surface area contributed by atoms with Gasteiger partial charge < -0.3 is 9.64 Å². The average molecular weight is 412 g/mol. The van der Waals surface area contributed by atoms with Crippen molar-refractivity contribution in [2.24, 2.45) is 5.92 Å². The molecule has 0 radical (unpaired) electrons. The van der Waals surface area contributed by atoms with Crippen LogP contribution in [0.1, 0.15) is 29.8 Å². The Morgan fingerprint density at radius 3 is 2.50 bits per heavy atom. The van der Waals surface area contributed by atoms with Crippen LogP contribution in [0.25, 0.3) is 11.3 Å². The maximum atomic E-state index is 13.0. The summed E-state index contributed by atoms with van der Waals surface area (Å²) < 4.78 is 4.92. The standard InChI is InChI=1S/C21H24N4O5/c1-29-20(28)15-12-18(26)25(30-2)21(15)8-10-24(11-9-21)19(27)17-13-16(22-23-17)14-6-4-3-5-7-14/h3-7,13,15H,8-12H2,1-2H3,(H,22,23). The van der Waals surface area contributed by atoms with Crippen LogP contribution in [0.3, 0.4) is 0 Å². The number of nitrogens with one attached hydrogen (secondary N) is 1. The number of aromatic amines is 1. The highest BCUT2D eigenvalue weighted by Gasteiger charge is 2.58. The summed E-state index contributed by atoms with van der Waals surface area (Å²) in [6.45, 7) is 0.776. The number of benzene rings is 1. The van der Waals surface area contributed by atoms with E-state index >= 15 is 0 Å². The van der Waals surface area contributed by atoms with Crippen LogP contribution in [0.15, 0.2) is 36.4 Å². The topological polar surface area (TPSA) is 105 Å². The van der Waals surface area contributed by atoms with E-state index in [0.717, 1.165) is 5.56 Å². The van der Waals surface area contributed by atoms with Crippen molar-refractivity contribution < 1.29 is 24.0 Å². The van der Waals surface area contributed by atoms with E-state index in [9.17, 15) is 14.4 Å². The highest BCUT2D eigenvalue weighted by atomic mass is 16.7. The number of nitrogens with zero attached hydrogens (tertiary/aromatic N) is 3. The van der Waals surface area contributed by atoms with Crippen molar-refractivity contribution in [2.75, 3.05) is 27.3 Å². The Hall–Kier alpha value is -3.20. The lowest BCUT2D eigenvalue weighted by molar-refractivity contribution is -0.209. The molecule has 0 saturated carbocycles. The molecule has 1 aromatic carbocycles. The van der Waals surface area contributed by atoms with Gasteiger partial charge in [-0.2, -0.15) is 5.10 Å². The molecule has 0 aliphatic carbocycles. The molecular formula is C21H24N4O5. The van der Waals surface area contributed by atoms with Gasteiger partial charge in [0.25, 0.3) is 5.91 Å².